The molecule has 0 atom stereocenters. The van der Waals surface area contributed by atoms with E-state index >= 15 is 0 Å². The van der Waals surface area contributed by atoms with Crippen LogP contribution in [0, 0.1) is 5.82 Å². The van der Waals surface area contributed by atoms with Crippen LogP contribution in [0.2, 0.25) is 0 Å². The van der Waals surface area contributed by atoms with Gasteiger partial charge in [0.25, 0.3) is 5.91 Å². The third-order valence-electron chi connectivity index (χ3n) is 5.87. The van der Waals surface area contributed by atoms with Gasteiger partial charge >= 0.3 is 0 Å². The van der Waals surface area contributed by atoms with Gasteiger partial charge in [0.1, 0.15) is 29.5 Å². The highest BCUT2D eigenvalue weighted by Crippen LogP contribution is 2.22. The van der Waals surface area contributed by atoms with Gasteiger partial charge in [-0.05, 0) is 42.5 Å². The van der Waals surface area contributed by atoms with E-state index in [0.717, 1.165) is 37.6 Å². The molecule has 0 saturated carbocycles. The number of carbonyl (C=O) groups is 1. The summed E-state index contributed by atoms with van der Waals surface area (Å²) in [6.45, 7) is 3.41. The van der Waals surface area contributed by atoms with Crippen molar-refractivity contribution < 1.29 is 9.18 Å². The fourth-order valence-corrected chi connectivity index (χ4v) is 4.04. The Kier molecular flexibility index (Phi) is 5.90. The summed E-state index contributed by atoms with van der Waals surface area (Å²) in [7, 11) is 1.69. The maximum Gasteiger partial charge on any atom is 0.275 e. The Hall–Kier alpha value is -4.27. The smallest absolute Gasteiger partial charge is 0.275 e. The highest BCUT2D eigenvalue weighted by molar-refractivity contribution is 6.03. The van der Waals surface area contributed by atoms with Crippen molar-refractivity contribution >= 4 is 23.2 Å². The van der Waals surface area contributed by atoms with E-state index in [1.165, 1.54) is 28.8 Å². The number of nitrogens with one attached hydrogen (secondary N) is 1. The van der Waals surface area contributed by atoms with Gasteiger partial charge in [-0.15, -0.1) is 0 Å². The second-order valence-corrected chi connectivity index (χ2v) is 8.07. The van der Waals surface area contributed by atoms with Crippen molar-refractivity contribution in [2.24, 2.45) is 7.05 Å². The molecule has 9 heteroatoms. The Bertz CT molecular complexity index is 1280. The predicted molar refractivity (Wildman–Crippen MR) is 129 cm³/mol. The van der Waals surface area contributed by atoms with Crippen LogP contribution < -0.4 is 15.1 Å². The van der Waals surface area contributed by atoms with Crippen molar-refractivity contribution in [3.8, 4) is 11.3 Å². The van der Waals surface area contributed by atoms with E-state index in [4.69, 9.17) is 0 Å². The zero-order chi connectivity index (χ0) is 23.5. The lowest BCUT2D eigenvalue weighted by Crippen LogP contribution is -2.46. The van der Waals surface area contributed by atoms with E-state index in [1.807, 2.05) is 18.2 Å². The Labute approximate surface area is 196 Å². The first-order valence-corrected chi connectivity index (χ1v) is 11.1. The average Bonchev–Trinajstić information content (AvgIpc) is 3.27. The molecule has 3 heterocycles. The molecule has 0 bridgehead atoms. The lowest BCUT2D eigenvalue weighted by Gasteiger charge is -2.36. The summed E-state index contributed by atoms with van der Waals surface area (Å²) >= 11 is 0. The fourth-order valence-electron chi connectivity index (χ4n) is 4.04. The number of halogens is 1. The maximum absolute atomic E-state index is 13.2. The lowest BCUT2D eigenvalue weighted by molar-refractivity contribution is 0.101. The molecule has 2 aromatic heterocycles. The molecule has 0 spiro atoms. The van der Waals surface area contributed by atoms with Gasteiger partial charge in [0.2, 0.25) is 0 Å². The summed E-state index contributed by atoms with van der Waals surface area (Å²) in [5, 5.41) is 7.22. The van der Waals surface area contributed by atoms with Crippen LogP contribution in [0.25, 0.3) is 11.3 Å². The standard InChI is InChI=1S/C25H24FN7O/c1-31-22(15-21(30-31)18-7-9-19(26)10-8-18)25(34)29-23-16-24(28-17-27-23)33-13-11-32(12-14-33)20-5-3-2-4-6-20/h2-10,15-17H,11-14H2,1H3,(H,27,28,29,34). The molecule has 2 aromatic carbocycles. The number of para-hydroxylation sites is 1. The van der Waals surface area contributed by atoms with E-state index in [2.05, 4.69) is 42.3 Å². The van der Waals surface area contributed by atoms with Crippen molar-refractivity contribution in [2.45, 2.75) is 0 Å². The van der Waals surface area contributed by atoms with Crippen LogP contribution in [0.15, 0.2) is 73.1 Å². The fraction of sp³-hybridized carbons (Fsp3) is 0.200. The summed E-state index contributed by atoms with van der Waals surface area (Å²) in [6.07, 6.45) is 1.46. The first-order valence-electron chi connectivity index (χ1n) is 11.1. The number of nitrogens with zero attached hydrogens (tertiary/aromatic N) is 6. The van der Waals surface area contributed by atoms with E-state index in [1.54, 1.807) is 31.3 Å². The molecule has 1 aliphatic heterocycles. The Balaban J connectivity index is 1.26. The van der Waals surface area contributed by atoms with Crippen LogP contribution in [0.1, 0.15) is 10.5 Å². The molecule has 1 N–H and O–H groups in total. The van der Waals surface area contributed by atoms with Crippen LogP contribution in [-0.4, -0.2) is 51.8 Å². The summed E-state index contributed by atoms with van der Waals surface area (Å²) in [6, 6.07) is 19.8. The number of aryl methyl sites for hydroxylation is 1. The van der Waals surface area contributed by atoms with Gasteiger partial charge in [0.15, 0.2) is 0 Å². The molecular weight excluding hydrogens is 433 g/mol. The Morgan fingerprint density at radius 1 is 0.912 bits per heavy atom. The number of carbonyl (C=O) groups excluding carboxylic acids is 1. The monoisotopic (exact) mass is 457 g/mol. The van der Waals surface area contributed by atoms with Crippen molar-refractivity contribution in [3.05, 3.63) is 84.6 Å². The third kappa shape index (κ3) is 4.59. The van der Waals surface area contributed by atoms with Crippen LogP contribution in [0.4, 0.5) is 21.7 Å². The van der Waals surface area contributed by atoms with Gasteiger partial charge in [0.05, 0.1) is 5.69 Å². The normalized spacial score (nSPS) is 13.7. The molecule has 34 heavy (non-hydrogen) atoms. The molecule has 0 unspecified atom stereocenters. The van der Waals surface area contributed by atoms with Gasteiger partial charge in [-0.25, -0.2) is 14.4 Å². The molecule has 1 fully saturated rings. The molecule has 5 rings (SSSR count). The Morgan fingerprint density at radius 2 is 1.62 bits per heavy atom. The first kappa shape index (κ1) is 21.6. The van der Waals surface area contributed by atoms with Crippen LogP contribution in [0.5, 0.6) is 0 Å². The molecule has 4 aromatic rings. The summed E-state index contributed by atoms with van der Waals surface area (Å²) in [4.78, 5) is 26.1. The molecule has 172 valence electrons. The minimum atomic E-state index is -0.332. The Morgan fingerprint density at radius 3 is 2.35 bits per heavy atom. The molecule has 0 radical (unpaired) electrons. The van der Waals surface area contributed by atoms with Gasteiger partial charge < -0.3 is 15.1 Å². The average molecular weight is 458 g/mol. The van der Waals surface area contributed by atoms with Crippen LogP contribution in [-0.2, 0) is 7.05 Å². The largest absolute Gasteiger partial charge is 0.368 e. The van der Waals surface area contributed by atoms with Gasteiger partial charge in [-0.2, -0.15) is 5.10 Å². The molecular formula is C25H24FN7O. The summed E-state index contributed by atoms with van der Waals surface area (Å²) < 4.78 is 14.7. The second-order valence-electron chi connectivity index (χ2n) is 8.07. The number of anilines is 3. The van der Waals surface area contributed by atoms with Gasteiger partial charge in [-0.3, -0.25) is 9.48 Å². The van der Waals surface area contributed by atoms with Crippen molar-refractivity contribution in [1.29, 1.82) is 0 Å². The van der Waals surface area contributed by atoms with Crippen LogP contribution in [0.3, 0.4) is 0 Å². The second kappa shape index (κ2) is 9.30. The minimum absolute atomic E-state index is 0.321. The van der Waals surface area contributed by atoms with E-state index in [9.17, 15) is 9.18 Å². The quantitative estimate of drug-likeness (QED) is 0.493. The third-order valence-corrected chi connectivity index (χ3v) is 5.87. The van der Waals surface area contributed by atoms with E-state index < -0.39 is 0 Å². The van der Waals surface area contributed by atoms with Crippen molar-refractivity contribution in [2.75, 3.05) is 41.3 Å². The zero-order valence-corrected chi connectivity index (χ0v) is 18.7. The number of hydrogen-bond acceptors (Lipinski definition) is 6. The van der Waals surface area contributed by atoms with Crippen LogP contribution >= 0.6 is 0 Å². The SMILES string of the molecule is Cn1nc(-c2ccc(F)cc2)cc1C(=O)Nc1cc(N2CCN(c3ccccc3)CC2)ncn1. The number of amides is 1. The molecule has 1 amide bonds. The number of hydrogen-bond donors (Lipinski definition) is 1. The number of piperazine rings is 1. The first-order chi connectivity index (χ1) is 16.6. The van der Waals surface area contributed by atoms with E-state index in [0.29, 0.717) is 17.2 Å². The highest BCUT2D eigenvalue weighted by Gasteiger charge is 2.20. The maximum atomic E-state index is 13.2. The predicted octanol–water partition coefficient (Wildman–Crippen LogP) is 3.60. The number of aromatic nitrogens is 4. The molecule has 1 saturated heterocycles. The molecule has 1 aliphatic rings. The van der Waals surface area contributed by atoms with Crippen molar-refractivity contribution in [3.63, 3.8) is 0 Å². The minimum Gasteiger partial charge on any atom is -0.368 e. The number of benzene rings is 2. The van der Waals surface area contributed by atoms with E-state index in [-0.39, 0.29) is 11.7 Å². The number of rotatable bonds is 5. The van der Waals surface area contributed by atoms with Crippen molar-refractivity contribution in [1.82, 2.24) is 19.7 Å². The van der Waals surface area contributed by atoms with Gasteiger partial charge in [-0.1, -0.05) is 18.2 Å². The zero-order valence-electron chi connectivity index (χ0n) is 18.7. The summed E-state index contributed by atoms with van der Waals surface area (Å²) in [5.74, 6) is 0.542. The topological polar surface area (TPSA) is 79.2 Å². The lowest BCUT2D eigenvalue weighted by atomic mass is 10.1. The molecule has 8 nitrogen and oxygen atoms in total. The highest BCUT2D eigenvalue weighted by atomic mass is 19.1. The molecule has 0 aliphatic carbocycles. The summed E-state index contributed by atoms with van der Waals surface area (Å²) in [5.41, 5.74) is 2.91. The van der Waals surface area contributed by atoms with Gasteiger partial charge in [0, 0.05) is 50.5 Å².